The van der Waals surface area contributed by atoms with Gasteiger partial charge in [0, 0.05) is 25.2 Å². The minimum absolute atomic E-state index is 0.0697. The third kappa shape index (κ3) is 8.37. The fraction of sp³-hybridized carbons (Fsp3) is 0.355. The van der Waals surface area contributed by atoms with Gasteiger partial charge in [-0.25, -0.2) is 4.39 Å². The molecule has 1 heterocycles. The van der Waals surface area contributed by atoms with E-state index in [-0.39, 0.29) is 29.6 Å². The zero-order chi connectivity index (χ0) is 27.6. The predicted octanol–water partition coefficient (Wildman–Crippen LogP) is 3.78. The van der Waals surface area contributed by atoms with E-state index in [1.807, 2.05) is 60.7 Å². The first-order valence-corrected chi connectivity index (χ1v) is 13.3. The maximum Gasteiger partial charge on any atom is 0.255 e. The number of rotatable bonds is 11. The van der Waals surface area contributed by atoms with Crippen molar-refractivity contribution in [1.82, 2.24) is 10.6 Å². The van der Waals surface area contributed by atoms with Crippen molar-refractivity contribution in [3.8, 4) is 5.75 Å². The molecular weight excluding hydrogens is 499 g/mol. The maximum absolute atomic E-state index is 13.8. The quantitative estimate of drug-likeness (QED) is 0.300. The van der Waals surface area contributed by atoms with E-state index in [9.17, 15) is 24.2 Å². The van der Waals surface area contributed by atoms with Crippen LogP contribution in [0.1, 0.15) is 40.7 Å². The van der Waals surface area contributed by atoms with Gasteiger partial charge in [0.05, 0.1) is 17.7 Å². The van der Waals surface area contributed by atoms with Gasteiger partial charge in [-0.1, -0.05) is 60.7 Å². The molecule has 0 aliphatic carbocycles. The Kier molecular flexibility index (Phi) is 10.1. The maximum atomic E-state index is 13.8. The molecule has 8 heteroatoms. The Hall–Kier alpha value is -3.75. The number of hydrogen-bond donors (Lipinski definition) is 4. The van der Waals surface area contributed by atoms with Crippen molar-refractivity contribution in [3.63, 3.8) is 0 Å². The van der Waals surface area contributed by atoms with Gasteiger partial charge < -0.3 is 25.6 Å². The fourth-order valence-corrected chi connectivity index (χ4v) is 4.91. The molecule has 0 saturated carbocycles. The largest absolute Gasteiger partial charge is 0.507 e. The Morgan fingerprint density at radius 2 is 1.51 bits per heavy atom. The summed E-state index contributed by atoms with van der Waals surface area (Å²) in [6.07, 6.45) is 1.23. The number of carbonyl (C=O) groups excluding carboxylic acids is 2. The first-order chi connectivity index (χ1) is 18.9. The summed E-state index contributed by atoms with van der Waals surface area (Å²) in [5, 5.41) is 27.5. The average Bonchev–Trinajstić information content (AvgIpc) is 2.95. The molecule has 3 aromatic rings. The number of nitrogens with one attached hydrogen (secondary N) is 2. The smallest absolute Gasteiger partial charge is 0.255 e. The summed E-state index contributed by atoms with van der Waals surface area (Å²) in [6, 6.07) is 21.1. The highest BCUT2D eigenvalue weighted by Crippen LogP contribution is 2.21. The molecule has 0 spiro atoms. The van der Waals surface area contributed by atoms with Crippen molar-refractivity contribution in [2.24, 2.45) is 5.92 Å². The van der Waals surface area contributed by atoms with Gasteiger partial charge in [0.15, 0.2) is 0 Å². The van der Waals surface area contributed by atoms with Crippen LogP contribution in [0.3, 0.4) is 0 Å². The zero-order valence-electron chi connectivity index (χ0n) is 21.8. The third-order valence-electron chi connectivity index (χ3n) is 7.07. The molecular formula is C31H35FN2O5. The lowest BCUT2D eigenvalue weighted by atomic mass is 9.92. The Morgan fingerprint density at radius 1 is 0.897 bits per heavy atom. The van der Waals surface area contributed by atoms with Gasteiger partial charge in [0.25, 0.3) is 5.91 Å². The van der Waals surface area contributed by atoms with Crippen LogP contribution in [0.2, 0.25) is 0 Å². The molecule has 0 radical (unpaired) electrons. The van der Waals surface area contributed by atoms with Crippen molar-refractivity contribution in [3.05, 3.63) is 101 Å². The lowest BCUT2D eigenvalue weighted by molar-refractivity contribution is -0.128. The van der Waals surface area contributed by atoms with E-state index in [1.54, 1.807) is 0 Å². The standard InChI is InChI=1S/C31H35FN2O5/c32-24-11-12-28(35)26(19-24)31(38)34-27(18-22-9-5-2-6-10-22)29(36)20-25(17-21-7-3-1-4-8-21)33-30(37)23-13-15-39-16-14-23/h1-12,19,23,25,27,29,35-36H,13-18,20H2,(H,33,37)(H,34,38)/t25-,27-,29-/m0/s1. The Balaban J connectivity index is 1.53. The molecule has 1 saturated heterocycles. The molecule has 39 heavy (non-hydrogen) atoms. The number of aromatic hydroxyl groups is 1. The summed E-state index contributed by atoms with van der Waals surface area (Å²) in [7, 11) is 0. The third-order valence-corrected chi connectivity index (χ3v) is 7.07. The van der Waals surface area contributed by atoms with E-state index in [0.717, 1.165) is 29.3 Å². The molecule has 0 aromatic heterocycles. The van der Waals surface area contributed by atoms with E-state index >= 15 is 0 Å². The number of ether oxygens (including phenoxy) is 1. The molecule has 2 amide bonds. The number of halogens is 1. The fourth-order valence-electron chi connectivity index (χ4n) is 4.91. The number of phenolic OH excluding ortho intramolecular Hbond substituents is 1. The van der Waals surface area contributed by atoms with Crippen molar-refractivity contribution in [2.75, 3.05) is 13.2 Å². The number of phenols is 1. The second-order valence-corrected chi connectivity index (χ2v) is 10.0. The van der Waals surface area contributed by atoms with Crippen LogP contribution in [-0.4, -0.2) is 53.4 Å². The summed E-state index contributed by atoms with van der Waals surface area (Å²) in [4.78, 5) is 26.1. The average molecular weight is 535 g/mol. The summed E-state index contributed by atoms with van der Waals surface area (Å²) >= 11 is 0. The molecule has 7 nitrogen and oxygen atoms in total. The number of aliphatic hydroxyl groups excluding tert-OH is 1. The summed E-state index contributed by atoms with van der Waals surface area (Å²) in [6.45, 7) is 1.09. The number of aliphatic hydroxyl groups is 1. The lowest BCUT2D eigenvalue weighted by Crippen LogP contribution is -2.49. The van der Waals surface area contributed by atoms with E-state index in [1.165, 1.54) is 0 Å². The number of carbonyl (C=O) groups is 2. The predicted molar refractivity (Wildman–Crippen MR) is 146 cm³/mol. The van der Waals surface area contributed by atoms with Crippen LogP contribution in [0, 0.1) is 11.7 Å². The highest BCUT2D eigenvalue weighted by Gasteiger charge is 2.29. The number of amides is 2. The van der Waals surface area contributed by atoms with Gasteiger partial charge in [-0.05, 0) is 61.4 Å². The second kappa shape index (κ2) is 13.9. The number of benzene rings is 3. The van der Waals surface area contributed by atoms with Gasteiger partial charge in [-0.15, -0.1) is 0 Å². The van der Waals surface area contributed by atoms with Crippen LogP contribution in [-0.2, 0) is 22.4 Å². The molecule has 1 aliphatic heterocycles. The van der Waals surface area contributed by atoms with Crippen LogP contribution in [0.15, 0.2) is 78.9 Å². The van der Waals surface area contributed by atoms with Crippen LogP contribution in [0.4, 0.5) is 4.39 Å². The molecule has 1 fully saturated rings. The Labute approximate surface area is 228 Å². The second-order valence-electron chi connectivity index (χ2n) is 10.0. The summed E-state index contributed by atoms with van der Waals surface area (Å²) in [5.41, 5.74) is 1.68. The van der Waals surface area contributed by atoms with Crippen molar-refractivity contribution in [1.29, 1.82) is 0 Å². The van der Waals surface area contributed by atoms with Gasteiger partial charge in [0.2, 0.25) is 5.91 Å². The SMILES string of the molecule is O=C(N[C@@H](Cc1ccccc1)[C@@H](O)C[C@H](Cc1ccccc1)NC(=O)C1CCOCC1)c1cc(F)ccc1O. The van der Waals surface area contributed by atoms with Crippen LogP contribution in [0.25, 0.3) is 0 Å². The van der Waals surface area contributed by atoms with Gasteiger partial charge in [-0.2, -0.15) is 0 Å². The van der Waals surface area contributed by atoms with Crippen molar-refractivity contribution >= 4 is 11.8 Å². The van der Waals surface area contributed by atoms with Crippen LogP contribution >= 0.6 is 0 Å². The Bertz CT molecular complexity index is 1220. The zero-order valence-corrected chi connectivity index (χ0v) is 21.8. The monoisotopic (exact) mass is 534 g/mol. The topological polar surface area (TPSA) is 108 Å². The normalized spacial score (nSPS) is 16.2. The molecule has 1 aliphatic rings. The first kappa shape index (κ1) is 28.3. The molecule has 0 unspecified atom stereocenters. The van der Waals surface area contributed by atoms with E-state index in [0.29, 0.717) is 38.9 Å². The van der Waals surface area contributed by atoms with E-state index in [4.69, 9.17) is 4.74 Å². The molecule has 4 N–H and O–H groups in total. The molecule has 0 bridgehead atoms. The van der Waals surface area contributed by atoms with Gasteiger partial charge in [-0.3, -0.25) is 9.59 Å². The minimum atomic E-state index is -1.05. The van der Waals surface area contributed by atoms with Crippen molar-refractivity contribution < 1.29 is 28.9 Å². The summed E-state index contributed by atoms with van der Waals surface area (Å²) < 4.78 is 19.2. The lowest BCUT2D eigenvalue weighted by Gasteiger charge is -2.30. The van der Waals surface area contributed by atoms with Gasteiger partial charge in [0.1, 0.15) is 11.6 Å². The van der Waals surface area contributed by atoms with Crippen LogP contribution < -0.4 is 10.6 Å². The molecule has 3 atom stereocenters. The molecule has 206 valence electrons. The summed E-state index contributed by atoms with van der Waals surface area (Å²) in [5.74, 6) is -1.92. The first-order valence-electron chi connectivity index (χ1n) is 13.3. The minimum Gasteiger partial charge on any atom is -0.507 e. The highest BCUT2D eigenvalue weighted by molar-refractivity contribution is 5.97. The Morgan fingerprint density at radius 3 is 2.15 bits per heavy atom. The van der Waals surface area contributed by atoms with Crippen LogP contribution in [0.5, 0.6) is 5.75 Å². The van der Waals surface area contributed by atoms with Gasteiger partial charge >= 0.3 is 0 Å². The van der Waals surface area contributed by atoms with E-state index < -0.39 is 29.9 Å². The van der Waals surface area contributed by atoms with Crippen molar-refractivity contribution in [2.45, 2.75) is 50.3 Å². The van der Waals surface area contributed by atoms with E-state index in [2.05, 4.69) is 10.6 Å². The highest BCUT2D eigenvalue weighted by atomic mass is 19.1. The molecule has 3 aromatic carbocycles. The number of hydrogen-bond acceptors (Lipinski definition) is 5. The molecule has 4 rings (SSSR count).